The molecule has 0 spiro atoms. The number of carbonyl (C=O) groups is 1. The van der Waals surface area contributed by atoms with Gasteiger partial charge in [0.1, 0.15) is 6.29 Å². The Hall–Kier alpha value is -0.530. The van der Waals surface area contributed by atoms with E-state index < -0.39 is 30.8 Å². The smallest absolute Gasteiger partial charge is 0.138 e. The maximum atomic E-state index is 10.2. The molecule has 0 saturated heterocycles. The van der Waals surface area contributed by atoms with Crippen LogP contribution in [0.1, 0.15) is 0 Å². The average Bonchev–Trinajstić information content (AvgIpc) is 2.12. The van der Waals surface area contributed by atoms with Crippen molar-refractivity contribution in [2.45, 2.75) is 24.2 Å². The van der Waals surface area contributed by atoms with Gasteiger partial charge in [-0.2, -0.15) is 0 Å². The zero-order chi connectivity index (χ0) is 9.72. The summed E-state index contributed by atoms with van der Waals surface area (Å²) in [4.78, 5) is 10.2. The van der Waals surface area contributed by atoms with E-state index in [1.165, 1.54) is 0 Å². The second-order valence-electron chi connectivity index (χ2n) is 2.62. The summed E-state index contributed by atoms with van der Waals surface area (Å²) in [5, 5.41) is 17.5. The van der Waals surface area contributed by atoms with Crippen LogP contribution in [0.4, 0.5) is 0 Å². The summed E-state index contributed by atoms with van der Waals surface area (Å²) in [6.07, 6.45) is -0.694. The van der Waals surface area contributed by atoms with E-state index >= 15 is 0 Å². The maximum Gasteiger partial charge on any atom is 0.138 e. The third kappa shape index (κ3) is 2.84. The Balaban J connectivity index is 4.07. The molecule has 12 heavy (non-hydrogen) atoms. The normalized spacial score (nSPS) is 21.1. The van der Waals surface area contributed by atoms with Crippen molar-refractivity contribution in [1.82, 2.24) is 0 Å². The zero-order valence-electron chi connectivity index (χ0n) is 6.63. The van der Waals surface area contributed by atoms with Crippen LogP contribution in [-0.2, 0) is 4.79 Å². The van der Waals surface area contributed by atoms with Crippen molar-refractivity contribution >= 4 is 6.29 Å². The molecular weight excluding hydrogens is 162 g/mol. The van der Waals surface area contributed by atoms with E-state index in [-0.39, 0.29) is 0 Å². The Morgan fingerprint density at radius 1 is 1.25 bits per heavy atom. The molecule has 0 aromatic rings. The molecule has 4 atom stereocenters. The van der Waals surface area contributed by atoms with E-state index in [2.05, 4.69) is 0 Å². The Kier molecular flexibility index (Phi) is 4.95. The van der Waals surface area contributed by atoms with Crippen molar-refractivity contribution in [2.75, 3.05) is 6.61 Å². The number of carbonyl (C=O) groups excluding carboxylic acids is 1. The van der Waals surface area contributed by atoms with E-state index in [1.807, 2.05) is 0 Å². The minimum atomic E-state index is -1.15. The first-order chi connectivity index (χ1) is 5.54. The standard InChI is InChI=1S/C6H15N3O3/c7-3(1-10)5(8)6(9)4(12)2-11/h1,3-6,11-12H,2,7-9H2/t3-,4-,5+,6+/m1/s1. The van der Waals surface area contributed by atoms with Gasteiger partial charge in [-0.1, -0.05) is 0 Å². The van der Waals surface area contributed by atoms with Crippen molar-refractivity contribution in [3.05, 3.63) is 0 Å². The summed E-state index contributed by atoms with van der Waals surface area (Å²) in [5.74, 6) is 0. The number of nitrogens with two attached hydrogens (primary N) is 3. The summed E-state index contributed by atoms with van der Waals surface area (Å²) < 4.78 is 0. The lowest BCUT2D eigenvalue weighted by molar-refractivity contribution is -0.109. The van der Waals surface area contributed by atoms with Crippen LogP contribution < -0.4 is 17.2 Å². The largest absolute Gasteiger partial charge is 0.394 e. The predicted octanol–water partition coefficient (Wildman–Crippen LogP) is -3.48. The van der Waals surface area contributed by atoms with Gasteiger partial charge in [0.2, 0.25) is 0 Å². The van der Waals surface area contributed by atoms with Gasteiger partial charge in [-0.05, 0) is 0 Å². The number of aldehydes is 1. The first-order valence-electron chi connectivity index (χ1n) is 3.55. The highest BCUT2D eigenvalue weighted by Gasteiger charge is 2.25. The van der Waals surface area contributed by atoms with Gasteiger partial charge in [-0.25, -0.2) is 0 Å². The molecule has 0 amide bonds. The summed E-state index contributed by atoms with van der Waals surface area (Å²) in [6.45, 7) is -0.500. The fourth-order valence-corrected chi connectivity index (χ4v) is 0.726. The molecule has 0 bridgehead atoms. The van der Waals surface area contributed by atoms with Gasteiger partial charge in [0, 0.05) is 12.1 Å². The molecule has 0 aliphatic heterocycles. The second kappa shape index (κ2) is 5.18. The van der Waals surface area contributed by atoms with Crippen LogP contribution in [0.25, 0.3) is 0 Å². The first-order valence-corrected chi connectivity index (χ1v) is 3.55. The summed E-state index contributed by atoms with van der Waals surface area (Å²) in [7, 11) is 0. The SMILES string of the molecule is N[C@H]([C@@H](N)[C@H](O)CO)[C@H](N)C=O. The Morgan fingerprint density at radius 2 is 1.75 bits per heavy atom. The quantitative estimate of drug-likeness (QED) is 0.277. The van der Waals surface area contributed by atoms with Crippen molar-refractivity contribution in [2.24, 2.45) is 17.2 Å². The lowest BCUT2D eigenvalue weighted by Gasteiger charge is -2.25. The maximum absolute atomic E-state index is 10.2. The zero-order valence-corrected chi connectivity index (χ0v) is 6.63. The van der Waals surface area contributed by atoms with Crippen LogP contribution in [0.15, 0.2) is 0 Å². The molecule has 0 aromatic carbocycles. The van der Waals surface area contributed by atoms with Gasteiger partial charge >= 0.3 is 0 Å². The number of aliphatic hydroxyl groups excluding tert-OH is 2. The Labute approximate surface area is 70.3 Å². The molecule has 6 heteroatoms. The molecule has 0 fully saturated rings. The van der Waals surface area contributed by atoms with Crippen molar-refractivity contribution in [1.29, 1.82) is 0 Å². The van der Waals surface area contributed by atoms with Crippen LogP contribution in [0.5, 0.6) is 0 Å². The topological polar surface area (TPSA) is 136 Å². The highest BCUT2D eigenvalue weighted by atomic mass is 16.3. The van der Waals surface area contributed by atoms with Gasteiger partial charge in [0.25, 0.3) is 0 Å². The van der Waals surface area contributed by atoms with Gasteiger partial charge in [-0.15, -0.1) is 0 Å². The van der Waals surface area contributed by atoms with Crippen LogP contribution in [0.2, 0.25) is 0 Å². The van der Waals surface area contributed by atoms with Crippen LogP contribution in [0, 0.1) is 0 Å². The number of hydrogen-bond donors (Lipinski definition) is 5. The lowest BCUT2D eigenvalue weighted by Crippen LogP contribution is -2.59. The number of rotatable bonds is 5. The van der Waals surface area contributed by atoms with Crippen molar-refractivity contribution < 1.29 is 15.0 Å². The monoisotopic (exact) mass is 177 g/mol. The molecule has 6 nitrogen and oxygen atoms in total. The predicted molar refractivity (Wildman–Crippen MR) is 43.1 cm³/mol. The minimum absolute atomic E-state index is 0.453. The average molecular weight is 177 g/mol. The Morgan fingerprint density at radius 3 is 2.08 bits per heavy atom. The third-order valence-electron chi connectivity index (χ3n) is 1.68. The van der Waals surface area contributed by atoms with Gasteiger partial charge < -0.3 is 32.2 Å². The fraction of sp³-hybridized carbons (Fsp3) is 0.833. The third-order valence-corrected chi connectivity index (χ3v) is 1.68. The number of aliphatic hydroxyl groups is 2. The van der Waals surface area contributed by atoms with E-state index in [4.69, 9.17) is 27.4 Å². The second-order valence-corrected chi connectivity index (χ2v) is 2.62. The lowest BCUT2D eigenvalue weighted by atomic mass is 9.99. The van der Waals surface area contributed by atoms with Gasteiger partial charge in [0.05, 0.1) is 18.8 Å². The first kappa shape index (κ1) is 11.5. The molecule has 0 aliphatic rings. The summed E-state index contributed by atoms with van der Waals surface area (Å²) >= 11 is 0. The molecular formula is C6H15N3O3. The molecule has 8 N–H and O–H groups in total. The van der Waals surface area contributed by atoms with Crippen molar-refractivity contribution in [3.8, 4) is 0 Å². The molecule has 0 saturated carbocycles. The van der Waals surface area contributed by atoms with E-state index in [0.717, 1.165) is 0 Å². The van der Waals surface area contributed by atoms with Crippen LogP contribution in [0.3, 0.4) is 0 Å². The highest BCUT2D eigenvalue weighted by Crippen LogP contribution is 1.96. The van der Waals surface area contributed by atoms with E-state index in [9.17, 15) is 4.79 Å². The Bertz CT molecular complexity index is 144. The van der Waals surface area contributed by atoms with Crippen LogP contribution in [-0.4, -0.2) is 47.3 Å². The van der Waals surface area contributed by atoms with Crippen molar-refractivity contribution in [3.63, 3.8) is 0 Å². The van der Waals surface area contributed by atoms with Gasteiger partial charge in [-0.3, -0.25) is 0 Å². The van der Waals surface area contributed by atoms with E-state index in [1.54, 1.807) is 0 Å². The molecule has 72 valence electrons. The molecule has 0 heterocycles. The van der Waals surface area contributed by atoms with E-state index in [0.29, 0.717) is 6.29 Å². The molecule has 0 aliphatic carbocycles. The minimum Gasteiger partial charge on any atom is -0.394 e. The number of hydrogen-bond acceptors (Lipinski definition) is 6. The summed E-state index contributed by atoms with van der Waals surface area (Å²) in [5.41, 5.74) is 16.0. The van der Waals surface area contributed by atoms with Crippen LogP contribution >= 0.6 is 0 Å². The van der Waals surface area contributed by atoms with Gasteiger partial charge in [0.15, 0.2) is 0 Å². The fourth-order valence-electron chi connectivity index (χ4n) is 0.726. The molecule has 0 unspecified atom stereocenters. The summed E-state index contributed by atoms with van der Waals surface area (Å²) in [6, 6.07) is -2.65. The highest BCUT2D eigenvalue weighted by molar-refractivity contribution is 5.58. The molecule has 0 rings (SSSR count). The molecule has 0 radical (unpaired) electrons. The molecule has 0 aromatic heterocycles.